The topological polar surface area (TPSA) is 79.8 Å². The number of alkyl halides is 2. The van der Waals surface area contributed by atoms with Crippen molar-refractivity contribution in [3.63, 3.8) is 0 Å². The molecule has 2 N–H and O–H groups in total. The maximum absolute atomic E-state index is 11.7. The Balaban J connectivity index is 2.15. The van der Waals surface area contributed by atoms with Crippen molar-refractivity contribution in [3.05, 3.63) is 0 Å². The van der Waals surface area contributed by atoms with E-state index >= 15 is 0 Å². The van der Waals surface area contributed by atoms with Crippen molar-refractivity contribution in [2.24, 2.45) is 5.10 Å². The molecule has 0 unspecified atom stereocenters. The van der Waals surface area contributed by atoms with Gasteiger partial charge in [-0.25, -0.2) is 14.2 Å². The van der Waals surface area contributed by atoms with Gasteiger partial charge in [-0.2, -0.15) is 5.10 Å². The minimum atomic E-state index is -2.51. The average Bonchev–Trinajstić information content (AvgIpc) is 2.29. The molecule has 0 spiro atoms. The minimum Gasteiger partial charge on any atom is -0.374 e. The van der Waals surface area contributed by atoms with E-state index in [0.717, 1.165) is 0 Å². The second-order valence-electron chi connectivity index (χ2n) is 3.32. The van der Waals surface area contributed by atoms with Crippen molar-refractivity contribution < 1.29 is 23.1 Å². The van der Waals surface area contributed by atoms with Gasteiger partial charge in [0.1, 0.15) is 12.3 Å². The second-order valence-corrected chi connectivity index (χ2v) is 3.32. The summed E-state index contributed by atoms with van der Waals surface area (Å²) in [5.74, 6) is -0.660. The highest BCUT2D eigenvalue weighted by Crippen LogP contribution is 1.99. The number of hydrazone groups is 1. The molecule has 1 aliphatic rings. The van der Waals surface area contributed by atoms with Gasteiger partial charge in [-0.15, -0.1) is 0 Å². The molecule has 0 bridgehead atoms. The Morgan fingerprint density at radius 2 is 2.29 bits per heavy atom. The molecule has 8 heteroatoms. The fourth-order valence-electron chi connectivity index (χ4n) is 1.15. The summed E-state index contributed by atoms with van der Waals surface area (Å²) in [6.07, 6.45) is -2.02. The van der Waals surface area contributed by atoms with Gasteiger partial charge in [-0.1, -0.05) is 0 Å². The van der Waals surface area contributed by atoms with E-state index in [4.69, 9.17) is 0 Å². The van der Waals surface area contributed by atoms with Crippen LogP contribution in [0.3, 0.4) is 0 Å². The molecule has 0 aromatic heterocycles. The van der Waals surface area contributed by atoms with Crippen LogP contribution in [0.2, 0.25) is 0 Å². The first kappa shape index (κ1) is 13.5. The summed E-state index contributed by atoms with van der Waals surface area (Å²) in [5, 5.41) is 6.03. The lowest BCUT2D eigenvalue weighted by Crippen LogP contribution is -2.38. The number of nitrogens with one attached hydrogen (secondary N) is 2. The van der Waals surface area contributed by atoms with Crippen LogP contribution in [-0.2, 0) is 14.3 Å². The zero-order valence-corrected chi connectivity index (χ0v) is 9.04. The maximum Gasteiger partial charge on any atom is 0.267 e. The predicted molar refractivity (Wildman–Crippen MR) is 54.6 cm³/mol. The SMILES string of the molecule is O=C1CCC(C(=O)NCCOCC(F)F)=NN1. The van der Waals surface area contributed by atoms with Crippen LogP contribution in [0.5, 0.6) is 0 Å². The first-order valence-corrected chi connectivity index (χ1v) is 5.09. The van der Waals surface area contributed by atoms with Crippen molar-refractivity contribution in [1.82, 2.24) is 10.7 Å². The molecule has 1 rings (SSSR count). The van der Waals surface area contributed by atoms with Gasteiger partial charge in [0.05, 0.1) is 6.61 Å². The third-order valence-corrected chi connectivity index (χ3v) is 1.94. The normalized spacial score (nSPS) is 15.5. The number of hydrogen-bond acceptors (Lipinski definition) is 4. The fourth-order valence-corrected chi connectivity index (χ4v) is 1.15. The van der Waals surface area contributed by atoms with Crippen molar-refractivity contribution in [2.75, 3.05) is 19.8 Å². The Bertz CT molecular complexity index is 321. The molecule has 6 nitrogen and oxygen atoms in total. The van der Waals surface area contributed by atoms with Gasteiger partial charge in [0.2, 0.25) is 5.91 Å². The summed E-state index contributed by atoms with van der Waals surface area (Å²) in [6.45, 7) is -0.513. The first-order chi connectivity index (χ1) is 8.09. The Kier molecular flexibility index (Phi) is 5.47. The largest absolute Gasteiger partial charge is 0.374 e. The molecule has 0 aromatic carbocycles. The first-order valence-electron chi connectivity index (χ1n) is 5.09. The third-order valence-electron chi connectivity index (χ3n) is 1.94. The molecule has 0 atom stereocenters. The van der Waals surface area contributed by atoms with Crippen LogP contribution in [0.25, 0.3) is 0 Å². The van der Waals surface area contributed by atoms with Crippen LogP contribution in [0.4, 0.5) is 8.78 Å². The van der Waals surface area contributed by atoms with E-state index in [2.05, 4.69) is 20.6 Å². The quantitative estimate of drug-likeness (QED) is 0.631. The zero-order valence-electron chi connectivity index (χ0n) is 9.04. The van der Waals surface area contributed by atoms with Gasteiger partial charge >= 0.3 is 0 Å². The molecule has 96 valence electrons. The van der Waals surface area contributed by atoms with Gasteiger partial charge in [0.25, 0.3) is 12.3 Å². The van der Waals surface area contributed by atoms with Crippen molar-refractivity contribution in [3.8, 4) is 0 Å². The number of amides is 2. The lowest BCUT2D eigenvalue weighted by Gasteiger charge is -2.11. The molecule has 1 heterocycles. The Labute approximate surface area is 96.4 Å². The molecule has 17 heavy (non-hydrogen) atoms. The molecule has 0 fully saturated rings. The van der Waals surface area contributed by atoms with Gasteiger partial charge in [0.15, 0.2) is 0 Å². The summed E-state index contributed by atoms with van der Waals surface area (Å²) < 4.78 is 27.9. The highest BCUT2D eigenvalue weighted by molar-refractivity contribution is 6.39. The summed E-state index contributed by atoms with van der Waals surface area (Å²) in [4.78, 5) is 22.2. The lowest BCUT2D eigenvalue weighted by atomic mass is 10.1. The number of nitrogens with zero attached hydrogens (tertiary/aromatic N) is 1. The minimum absolute atomic E-state index is 0.00964. The second kappa shape index (κ2) is 6.89. The van der Waals surface area contributed by atoms with E-state index in [1.165, 1.54) is 0 Å². The number of ether oxygens (including phenoxy) is 1. The highest BCUT2D eigenvalue weighted by Gasteiger charge is 2.17. The number of halogens is 2. The molecular formula is C9H13F2N3O3. The molecule has 0 saturated carbocycles. The van der Waals surface area contributed by atoms with Gasteiger partial charge in [0, 0.05) is 19.4 Å². The van der Waals surface area contributed by atoms with Gasteiger partial charge in [-0.3, -0.25) is 9.59 Å². The number of hydrogen-bond donors (Lipinski definition) is 2. The van der Waals surface area contributed by atoms with E-state index in [-0.39, 0.29) is 37.6 Å². The molecular weight excluding hydrogens is 236 g/mol. The zero-order chi connectivity index (χ0) is 12.7. The molecule has 0 saturated heterocycles. The van der Waals surface area contributed by atoms with Crippen LogP contribution in [-0.4, -0.2) is 43.7 Å². The highest BCUT2D eigenvalue weighted by atomic mass is 19.3. The number of carbonyl (C=O) groups excluding carboxylic acids is 2. The average molecular weight is 249 g/mol. The summed E-state index contributed by atoms with van der Waals surface area (Å²) in [7, 11) is 0. The molecule has 1 aliphatic heterocycles. The van der Waals surface area contributed by atoms with Crippen LogP contribution in [0, 0.1) is 0 Å². The summed E-state index contributed by atoms with van der Waals surface area (Å²) in [6, 6.07) is 0. The van der Waals surface area contributed by atoms with Crippen LogP contribution < -0.4 is 10.7 Å². The summed E-state index contributed by atoms with van der Waals surface area (Å²) >= 11 is 0. The van der Waals surface area contributed by atoms with Gasteiger partial charge < -0.3 is 10.1 Å². The molecule has 2 amide bonds. The van der Waals surface area contributed by atoms with Crippen molar-refractivity contribution in [1.29, 1.82) is 0 Å². The van der Waals surface area contributed by atoms with E-state index in [1.54, 1.807) is 0 Å². The van der Waals surface area contributed by atoms with Crippen molar-refractivity contribution in [2.45, 2.75) is 19.3 Å². The van der Waals surface area contributed by atoms with Gasteiger partial charge in [-0.05, 0) is 0 Å². The van der Waals surface area contributed by atoms with Crippen LogP contribution in [0.1, 0.15) is 12.8 Å². The number of carbonyl (C=O) groups is 2. The Morgan fingerprint density at radius 3 is 2.88 bits per heavy atom. The van der Waals surface area contributed by atoms with Crippen LogP contribution >= 0.6 is 0 Å². The maximum atomic E-state index is 11.7. The third kappa shape index (κ3) is 5.34. The standard InChI is InChI=1S/C9H13F2N3O3/c10-7(11)5-17-4-3-12-9(16)6-1-2-8(15)14-13-6/h7H,1-5H2,(H,12,16)(H,14,15). The van der Waals surface area contributed by atoms with E-state index < -0.39 is 18.9 Å². The summed E-state index contributed by atoms with van der Waals surface area (Å²) in [5.41, 5.74) is 2.41. The van der Waals surface area contributed by atoms with E-state index in [1.807, 2.05) is 0 Å². The van der Waals surface area contributed by atoms with Crippen LogP contribution in [0.15, 0.2) is 5.10 Å². The fraction of sp³-hybridized carbons (Fsp3) is 0.667. The molecule has 0 aliphatic carbocycles. The lowest BCUT2D eigenvalue weighted by molar-refractivity contribution is -0.121. The number of rotatable bonds is 6. The smallest absolute Gasteiger partial charge is 0.267 e. The predicted octanol–water partition coefficient (Wildman–Crippen LogP) is -0.350. The molecule has 0 radical (unpaired) electrons. The Hall–Kier alpha value is -1.57. The van der Waals surface area contributed by atoms with E-state index in [0.29, 0.717) is 0 Å². The monoisotopic (exact) mass is 249 g/mol. The van der Waals surface area contributed by atoms with E-state index in [9.17, 15) is 18.4 Å². The Morgan fingerprint density at radius 1 is 1.53 bits per heavy atom. The molecule has 0 aromatic rings. The van der Waals surface area contributed by atoms with Crippen molar-refractivity contribution >= 4 is 17.5 Å².